The number of hydrogen-bond acceptors (Lipinski definition) is 8. The molecule has 2 aliphatic rings. The maximum atomic E-state index is 13.7. The molecule has 4 heterocycles. The molecule has 0 bridgehead atoms. The topological polar surface area (TPSA) is 98.0 Å². The van der Waals surface area contributed by atoms with Gasteiger partial charge < -0.3 is 24.6 Å². The lowest BCUT2D eigenvalue weighted by atomic mass is 10.0. The SMILES string of the molecule is CC1CCCN(c2nc(C(F)(F)F)c(C(=O)Nc3ccc(N4CCC(O)N(Cc5ccccc5)CC4)nc3)o2)C1. The Kier molecular flexibility index (Phi) is 8.27. The van der Waals surface area contributed by atoms with Gasteiger partial charge in [-0.05, 0) is 36.5 Å². The molecule has 2 atom stereocenters. The van der Waals surface area contributed by atoms with Gasteiger partial charge in [0.25, 0.3) is 11.9 Å². The van der Waals surface area contributed by atoms with Crippen LogP contribution < -0.4 is 15.1 Å². The summed E-state index contributed by atoms with van der Waals surface area (Å²) in [5, 5.41) is 13.1. The second-order valence-electron chi connectivity index (χ2n) is 10.4. The Morgan fingerprint density at radius 2 is 1.88 bits per heavy atom. The van der Waals surface area contributed by atoms with Crippen LogP contribution in [0.25, 0.3) is 0 Å². The molecule has 2 saturated heterocycles. The Hall–Kier alpha value is -3.64. The van der Waals surface area contributed by atoms with Crippen molar-refractivity contribution in [1.82, 2.24) is 14.9 Å². The highest BCUT2D eigenvalue weighted by atomic mass is 19.4. The van der Waals surface area contributed by atoms with Crippen molar-refractivity contribution in [3.05, 3.63) is 65.7 Å². The van der Waals surface area contributed by atoms with Crippen molar-refractivity contribution in [3.63, 3.8) is 0 Å². The molecule has 12 heteroatoms. The summed E-state index contributed by atoms with van der Waals surface area (Å²) in [4.78, 5) is 26.6. The number of rotatable bonds is 6. The minimum atomic E-state index is -4.84. The summed E-state index contributed by atoms with van der Waals surface area (Å²) in [5.74, 6) is -0.981. The third-order valence-corrected chi connectivity index (χ3v) is 7.31. The number of carbonyl (C=O) groups is 1. The number of aromatic nitrogens is 2. The summed E-state index contributed by atoms with van der Waals surface area (Å²) in [7, 11) is 0. The molecule has 2 aliphatic heterocycles. The van der Waals surface area contributed by atoms with E-state index in [-0.39, 0.29) is 17.6 Å². The van der Waals surface area contributed by atoms with Gasteiger partial charge in [-0.25, -0.2) is 4.98 Å². The molecule has 0 aliphatic carbocycles. The van der Waals surface area contributed by atoms with Gasteiger partial charge in [-0.2, -0.15) is 18.2 Å². The highest BCUT2D eigenvalue weighted by molar-refractivity contribution is 6.03. The molecule has 40 heavy (non-hydrogen) atoms. The van der Waals surface area contributed by atoms with Crippen LogP contribution in [0.3, 0.4) is 0 Å². The monoisotopic (exact) mass is 558 g/mol. The Labute approximate surface area is 230 Å². The summed E-state index contributed by atoms with van der Waals surface area (Å²) in [6.07, 6.45) is -1.73. The van der Waals surface area contributed by atoms with Crippen molar-refractivity contribution in [2.45, 2.75) is 45.1 Å². The zero-order chi connectivity index (χ0) is 28.3. The van der Waals surface area contributed by atoms with Crippen molar-refractivity contribution in [2.24, 2.45) is 5.92 Å². The molecule has 2 N–H and O–H groups in total. The first-order valence-corrected chi connectivity index (χ1v) is 13.5. The number of hydrogen-bond donors (Lipinski definition) is 2. The van der Waals surface area contributed by atoms with Gasteiger partial charge >= 0.3 is 6.18 Å². The van der Waals surface area contributed by atoms with Crippen LogP contribution in [0.4, 0.5) is 30.7 Å². The number of amides is 1. The lowest BCUT2D eigenvalue weighted by Crippen LogP contribution is -2.35. The number of oxazole rings is 1. The zero-order valence-electron chi connectivity index (χ0n) is 22.3. The van der Waals surface area contributed by atoms with Crippen molar-refractivity contribution in [3.8, 4) is 0 Å². The largest absolute Gasteiger partial charge is 0.437 e. The molecule has 5 rings (SSSR count). The van der Waals surface area contributed by atoms with Gasteiger partial charge in [0.2, 0.25) is 5.76 Å². The summed E-state index contributed by atoms with van der Waals surface area (Å²) in [6.45, 7) is 5.52. The summed E-state index contributed by atoms with van der Waals surface area (Å²) in [5.41, 5.74) is 0.00392. The number of aliphatic hydroxyl groups excluding tert-OH is 1. The van der Waals surface area contributed by atoms with E-state index in [0.29, 0.717) is 51.5 Å². The third kappa shape index (κ3) is 6.56. The van der Waals surface area contributed by atoms with E-state index in [1.54, 1.807) is 17.0 Å². The van der Waals surface area contributed by atoms with E-state index in [2.05, 4.69) is 15.3 Å². The second-order valence-corrected chi connectivity index (χ2v) is 10.4. The summed E-state index contributed by atoms with van der Waals surface area (Å²) in [6, 6.07) is 13.0. The molecule has 9 nitrogen and oxygen atoms in total. The van der Waals surface area contributed by atoms with Crippen molar-refractivity contribution in [2.75, 3.05) is 47.8 Å². The Balaban J connectivity index is 1.24. The predicted molar refractivity (Wildman–Crippen MR) is 144 cm³/mol. The van der Waals surface area contributed by atoms with Crippen molar-refractivity contribution in [1.29, 1.82) is 0 Å². The van der Waals surface area contributed by atoms with Gasteiger partial charge in [0, 0.05) is 45.7 Å². The Bertz CT molecular complexity index is 1280. The van der Waals surface area contributed by atoms with Gasteiger partial charge in [0.1, 0.15) is 12.0 Å². The van der Waals surface area contributed by atoms with Crippen LogP contribution in [0.5, 0.6) is 0 Å². The molecule has 214 valence electrons. The van der Waals surface area contributed by atoms with E-state index < -0.39 is 29.8 Å². The fourth-order valence-electron chi connectivity index (χ4n) is 5.18. The fourth-order valence-corrected chi connectivity index (χ4v) is 5.18. The number of nitrogens with zero attached hydrogens (tertiary/aromatic N) is 5. The third-order valence-electron chi connectivity index (χ3n) is 7.31. The number of pyridine rings is 1. The van der Waals surface area contributed by atoms with Crippen LogP contribution >= 0.6 is 0 Å². The van der Waals surface area contributed by atoms with Gasteiger partial charge in [0.15, 0.2) is 5.69 Å². The van der Waals surface area contributed by atoms with Gasteiger partial charge in [-0.3, -0.25) is 9.69 Å². The molecular weight excluding hydrogens is 525 g/mol. The van der Waals surface area contributed by atoms with Crippen molar-refractivity contribution < 1.29 is 27.5 Å². The zero-order valence-corrected chi connectivity index (χ0v) is 22.3. The van der Waals surface area contributed by atoms with E-state index >= 15 is 0 Å². The minimum Gasteiger partial charge on any atom is -0.417 e. The maximum absolute atomic E-state index is 13.7. The molecule has 2 unspecified atom stereocenters. The molecule has 0 spiro atoms. The molecule has 2 fully saturated rings. The highest BCUT2D eigenvalue weighted by Crippen LogP contribution is 2.35. The molecule has 0 radical (unpaired) electrons. The molecule has 3 aromatic rings. The minimum absolute atomic E-state index is 0.192. The lowest BCUT2D eigenvalue weighted by molar-refractivity contribution is -0.141. The van der Waals surface area contributed by atoms with Gasteiger partial charge in [0.05, 0.1) is 11.9 Å². The van der Waals surface area contributed by atoms with Gasteiger partial charge in [-0.15, -0.1) is 0 Å². The maximum Gasteiger partial charge on any atom is 0.437 e. The first-order valence-electron chi connectivity index (χ1n) is 13.5. The van der Waals surface area contributed by atoms with E-state index in [9.17, 15) is 23.1 Å². The summed E-state index contributed by atoms with van der Waals surface area (Å²) >= 11 is 0. The number of piperidine rings is 1. The number of alkyl halides is 3. The quantitative estimate of drug-likeness (QED) is 0.453. The number of nitrogens with one attached hydrogen (secondary N) is 1. The first-order chi connectivity index (χ1) is 19.2. The standard InChI is InChI=1S/C28H33F3N6O3/c1-19-6-5-12-37(17-19)27-34-25(28(29,30)31)24(40-27)26(39)33-21-9-10-22(32-16-21)35-13-11-23(38)36(15-14-35)18-20-7-3-2-4-8-20/h2-4,7-10,16,19,23,38H,5-6,11-15,17-18H2,1H3,(H,33,39). The highest BCUT2D eigenvalue weighted by Gasteiger charge is 2.42. The average molecular weight is 559 g/mol. The van der Waals surface area contributed by atoms with E-state index in [1.165, 1.54) is 6.20 Å². The van der Waals surface area contributed by atoms with E-state index in [0.717, 1.165) is 18.4 Å². The fraction of sp³-hybridized carbons (Fsp3) is 0.464. The van der Waals surface area contributed by atoms with Crippen LogP contribution in [0, 0.1) is 5.92 Å². The molecule has 2 aromatic heterocycles. The van der Waals surface area contributed by atoms with E-state index in [1.807, 2.05) is 47.1 Å². The van der Waals surface area contributed by atoms with Crippen LogP contribution in [0.15, 0.2) is 53.1 Å². The van der Waals surface area contributed by atoms with Gasteiger partial charge in [-0.1, -0.05) is 37.3 Å². The molecular formula is C28H33F3N6O3. The van der Waals surface area contributed by atoms with Crippen LogP contribution in [0.2, 0.25) is 0 Å². The number of benzene rings is 1. The second kappa shape index (κ2) is 11.8. The Morgan fingerprint density at radius 3 is 2.58 bits per heavy atom. The first kappa shape index (κ1) is 27.9. The van der Waals surface area contributed by atoms with E-state index in [4.69, 9.17) is 4.42 Å². The molecule has 1 amide bonds. The molecule has 0 saturated carbocycles. The Morgan fingerprint density at radius 1 is 1.07 bits per heavy atom. The normalized spacial score (nSPS) is 20.8. The summed E-state index contributed by atoms with van der Waals surface area (Å²) < 4.78 is 46.5. The lowest BCUT2D eigenvalue weighted by Gasteiger charge is -2.29. The van der Waals surface area contributed by atoms with Crippen LogP contribution in [0.1, 0.15) is 48.0 Å². The van der Waals surface area contributed by atoms with Crippen LogP contribution in [-0.4, -0.2) is 64.8 Å². The predicted octanol–water partition coefficient (Wildman–Crippen LogP) is 4.61. The average Bonchev–Trinajstić information content (AvgIpc) is 3.33. The van der Waals surface area contributed by atoms with Crippen LogP contribution in [-0.2, 0) is 12.7 Å². The molecule has 1 aromatic carbocycles. The number of carbonyl (C=O) groups excluding carboxylic acids is 1. The van der Waals surface area contributed by atoms with Crippen molar-refractivity contribution >= 4 is 23.4 Å². The number of halogens is 3. The number of aliphatic hydroxyl groups is 1. The smallest absolute Gasteiger partial charge is 0.417 e. The number of anilines is 3.